The molecule has 2 aromatic carbocycles. The number of anilines is 1. The Balaban J connectivity index is 2.07. The summed E-state index contributed by atoms with van der Waals surface area (Å²) in [6, 6.07) is 9.53. The van der Waals surface area contributed by atoms with Crippen molar-refractivity contribution in [3.05, 3.63) is 62.6 Å². The number of benzene rings is 2. The predicted octanol–water partition coefficient (Wildman–Crippen LogP) is 2.56. The van der Waals surface area contributed by atoms with Crippen LogP contribution in [0.2, 0.25) is 0 Å². The summed E-state index contributed by atoms with van der Waals surface area (Å²) in [5.74, 6) is -1.60. The third-order valence-electron chi connectivity index (χ3n) is 3.25. The van der Waals surface area contributed by atoms with Crippen LogP contribution in [0.25, 0.3) is 0 Å². The zero-order valence-corrected chi connectivity index (χ0v) is 16.2. The molecule has 0 radical (unpaired) electrons. The number of ether oxygens (including phenoxy) is 1. The second-order valence-corrected chi connectivity index (χ2v) is 8.24. The van der Waals surface area contributed by atoms with E-state index in [0.29, 0.717) is 5.69 Å². The van der Waals surface area contributed by atoms with Gasteiger partial charge in [0.05, 0.1) is 10.5 Å². The Bertz CT molecular complexity index is 1000. The largest absolute Gasteiger partial charge is 0.452 e. The number of hydrogen-bond donors (Lipinski definition) is 1. The summed E-state index contributed by atoms with van der Waals surface area (Å²) in [5, 5.41) is 13.6. The lowest BCUT2D eigenvalue weighted by Gasteiger charge is -2.07. The second kappa shape index (κ2) is 8.27. The Hall–Kier alpha value is -2.79. The van der Waals surface area contributed by atoms with Gasteiger partial charge in [0.25, 0.3) is 11.6 Å². The number of sulfone groups is 1. The first kappa shape index (κ1) is 20.5. The number of nitrogens with zero attached hydrogens (tertiary/aromatic N) is 1. The molecule has 0 saturated heterocycles. The molecule has 142 valence electrons. The maximum atomic E-state index is 12.0. The minimum Gasteiger partial charge on any atom is -0.452 e. The highest BCUT2D eigenvalue weighted by molar-refractivity contribution is 9.10. The molecule has 9 nitrogen and oxygen atoms in total. The van der Waals surface area contributed by atoms with Gasteiger partial charge < -0.3 is 10.1 Å². The quantitative estimate of drug-likeness (QED) is 0.401. The molecule has 0 saturated carbocycles. The summed E-state index contributed by atoms with van der Waals surface area (Å²) >= 11 is 3.25. The Kier molecular flexibility index (Phi) is 6.28. The van der Waals surface area contributed by atoms with E-state index in [1.165, 1.54) is 0 Å². The monoisotopic (exact) mass is 456 g/mol. The first-order valence-corrected chi connectivity index (χ1v) is 9.97. The van der Waals surface area contributed by atoms with E-state index >= 15 is 0 Å². The van der Waals surface area contributed by atoms with E-state index < -0.39 is 43.8 Å². The number of carbonyl (C=O) groups is 2. The van der Waals surface area contributed by atoms with Crippen LogP contribution in [0.3, 0.4) is 0 Å². The molecule has 0 aromatic heterocycles. The third kappa shape index (κ3) is 5.59. The second-order valence-electron chi connectivity index (χ2n) is 5.34. The van der Waals surface area contributed by atoms with Gasteiger partial charge in [-0.15, -0.1) is 0 Å². The Labute approximate surface area is 162 Å². The zero-order valence-electron chi connectivity index (χ0n) is 13.8. The van der Waals surface area contributed by atoms with Crippen molar-refractivity contribution in [1.82, 2.24) is 0 Å². The zero-order chi connectivity index (χ0) is 20.2. The summed E-state index contributed by atoms with van der Waals surface area (Å²) in [7, 11) is -3.85. The summed E-state index contributed by atoms with van der Waals surface area (Å²) in [5.41, 5.74) is -0.496. The van der Waals surface area contributed by atoms with Gasteiger partial charge >= 0.3 is 5.97 Å². The normalized spacial score (nSPS) is 10.9. The Morgan fingerprint density at radius 1 is 1.19 bits per heavy atom. The van der Waals surface area contributed by atoms with Gasteiger partial charge in [-0.3, -0.25) is 14.9 Å². The smallest absolute Gasteiger partial charge is 0.338 e. The van der Waals surface area contributed by atoms with Crippen molar-refractivity contribution >= 4 is 49.0 Å². The van der Waals surface area contributed by atoms with Crippen molar-refractivity contribution in [3.63, 3.8) is 0 Å². The maximum Gasteiger partial charge on any atom is 0.338 e. The van der Waals surface area contributed by atoms with Crippen LogP contribution < -0.4 is 5.32 Å². The van der Waals surface area contributed by atoms with Gasteiger partial charge in [-0.05, 0) is 36.4 Å². The molecule has 0 spiro atoms. The van der Waals surface area contributed by atoms with Crippen LogP contribution >= 0.6 is 15.9 Å². The van der Waals surface area contributed by atoms with E-state index in [2.05, 4.69) is 21.2 Å². The van der Waals surface area contributed by atoms with Gasteiger partial charge in [-0.25, -0.2) is 13.2 Å². The molecule has 0 aliphatic carbocycles. The van der Waals surface area contributed by atoms with Crippen molar-refractivity contribution in [1.29, 1.82) is 0 Å². The molecule has 0 atom stereocenters. The first-order chi connectivity index (χ1) is 12.6. The molecule has 2 aromatic rings. The number of halogens is 1. The number of hydrogen-bond acceptors (Lipinski definition) is 7. The summed E-state index contributed by atoms with van der Waals surface area (Å²) < 4.78 is 28.8. The van der Waals surface area contributed by atoms with E-state index in [1.54, 1.807) is 24.3 Å². The minimum atomic E-state index is -3.85. The van der Waals surface area contributed by atoms with Crippen LogP contribution in [0, 0.1) is 10.1 Å². The topological polar surface area (TPSA) is 133 Å². The molecule has 0 unspecified atom stereocenters. The highest BCUT2D eigenvalue weighted by atomic mass is 79.9. The van der Waals surface area contributed by atoms with Crippen molar-refractivity contribution in [2.45, 2.75) is 4.90 Å². The van der Waals surface area contributed by atoms with Crippen molar-refractivity contribution in [2.24, 2.45) is 0 Å². The Morgan fingerprint density at radius 2 is 1.81 bits per heavy atom. The van der Waals surface area contributed by atoms with Gasteiger partial charge in [0.15, 0.2) is 16.4 Å². The highest BCUT2D eigenvalue weighted by Crippen LogP contribution is 2.25. The molecule has 27 heavy (non-hydrogen) atoms. The van der Waals surface area contributed by atoms with Gasteiger partial charge in [0, 0.05) is 22.5 Å². The van der Waals surface area contributed by atoms with E-state index in [0.717, 1.165) is 28.9 Å². The van der Waals surface area contributed by atoms with Crippen molar-refractivity contribution < 1.29 is 27.7 Å². The SMILES string of the molecule is CS(=O)(=O)c1ccc(C(=O)OCC(=O)Nc2ccc(Br)cc2)cc1[N+](=O)[O-]. The number of nitrogens with one attached hydrogen (secondary N) is 1. The standard InChI is InChI=1S/C16H13BrN2O7S/c1-27(24,25)14-7-2-10(8-13(14)19(22)23)16(21)26-9-15(20)18-12-5-3-11(17)4-6-12/h2-8H,9H2,1H3,(H,18,20). The van der Waals surface area contributed by atoms with Crippen molar-refractivity contribution in [2.75, 3.05) is 18.2 Å². The molecule has 0 aliphatic rings. The molecule has 0 aliphatic heterocycles. The van der Waals surface area contributed by atoms with Gasteiger partial charge in [0.1, 0.15) is 4.90 Å². The van der Waals surface area contributed by atoms with Crippen LogP contribution in [0.1, 0.15) is 10.4 Å². The number of carbonyl (C=O) groups excluding carboxylic acids is 2. The fourth-order valence-electron chi connectivity index (χ4n) is 2.05. The van der Waals surface area contributed by atoms with Crippen LogP contribution in [0.4, 0.5) is 11.4 Å². The van der Waals surface area contributed by atoms with Crippen LogP contribution in [-0.2, 0) is 19.4 Å². The van der Waals surface area contributed by atoms with Crippen LogP contribution in [0.15, 0.2) is 51.8 Å². The molecule has 0 bridgehead atoms. The minimum absolute atomic E-state index is 0.245. The summed E-state index contributed by atoms with van der Waals surface area (Å²) in [6.45, 7) is -0.615. The maximum absolute atomic E-state index is 12.0. The average Bonchev–Trinajstić information content (AvgIpc) is 2.60. The van der Waals surface area contributed by atoms with E-state index in [-0.39, 0.29) is 5.56 Å². The lowest BCUT2D eigenvalue weighted by atomic mass is 10.2. The van der Waals surface area contributed by atoms with E-state index in [4.69, 9.17) is 4.74 Å². The molecule has 2 rings (SSSR count). The number of esters is 1. The lowest BCUT2D eigenvalue weighted by molar-refractivity contribution is -0.387. The van der Waals surface area contributed by atoms with Gasteiger partial charge in [-0.1, -0.05) is 15.9 Å². The molecular weight excluding hydrogens is 444 g/mol. The molecule has 11 heteroatoms. The molecule has 0 heterocycles. The van der Waals surface area contributed by atoms with E-state index in [9.17, 15) is 28.1 Å². The summed E-state index contributed by atoms with van der Waals surface area (Å²) in [6.07, 6.45) is 0.819. The van der Waals surface area contributed by atoms with Crippen molar-refractivity contribution in [3.8, 4) is 0 Å². The third-order valence-corrected chi connectivity index (χ3v) is 4.93. The number of nitro benzene ring substituents is 1. The van der Waals surface area contributed by atoms with Crippen LogP contribution in [0.5, 0.6) is 0 Å². The van der Waals surface area contributed by atoms with Gasteiger partial charge in [0.2, 0.25) is 0 Å². The molecule has 1 amide bonds. The van der Waals surface area contributed by atoms with Crippen LogP contribution in [-0.4, -0.2) is 38.1 Å². The summed E-state index contributed by atoms with van der Waals surface area (Å²) in [4.78, 5) is 33.4. The van der Waals surface area contributed by atoms with E-state index in [1.807, 2.05) is 0 Å². The molecule has 1 N–H and O–H groups in total. The fourth-order valence-corrected chi connectivity index (χ4v) is 3.14. The van der Waals surface area contributed by atoms with Gasteiger partial charge in [-0.2, -0.15) is 0 Å². The molecule has 0 fully saturated rings. The molecular formula is C16H13BrN2O7S. The fraction of sp³-hybridized carbons (Fsp3) is 0.125. The number of amides is 1. The lowest BCUT2D eigenvalue weighted by Crippen LogP contribution is -2.21. The number of nitro groups is 1. The number of rotatable bonds is 6. The highest BCUT2D eigenvalue weighted by Gasteiger charge is 2.24. The average molecular weight is 457 g/mol. The Morgan fingerprint density at radius 3 is 2.37 bits per heavy atom. The first-order valence-electron chi connectivity index (χ1n) is 7.29. The predicted molar refractivity (Wildman–Crippen MR) is 99.3 cm³/mol.